The fraction of sp³-hybridized carbons (Fsp3) is 0.750. The van der Waals surface area contributed by atoms with Crippen LogP contribution in [-0.4, -0.2) is 47.9 Å². The number of amides is 1. The maximum Gasteiger partial charge on any atom is 0.246 e. The fourth-order valence-electron chi connectivity index (χ4n) is 2.65. The van der Waals surface area contributed by atoms with E-state index in [9.17, 15) is 4.79 Å². The first-order chi connectivity index (χ1) is 7.31. The summed E-state index contributed by atoms with van der Waals surface area (Å²) >= 11 is 0. The van der Waals surface area contributed by atoms with E-state index in [1.165, 1.54) is 25.9 Å². The number of fused-ring (bicyclic) bond motifs is 1. The van der Waals surface area contributed by atoms with Crippen LogP contribution in [0.2, 0.25) is 0 Å². The van der Waals surface area contributed by atoms with Gasteiger partial charge < -0.3 is 4.90 Å². The molecule has 84 valence electrons. The standard InChI is InChI=1S/C12H20N2O/c1-2-5-12(15)14-9-4-8-13-7-3-6-11(13)10-14/h2,5,11H,3-4,6-10H2,1H3. The monoisotopic (exact) mass is 208 g/mol. The summed E-state index contributed by atoms with van der Waals surface area (Å²) in [6.07, 6.45) is 7.21. The van der Waals surface area contributed by atoms with Gasteiger partial charge >= 0.3 is 0 Å². The van der Waals surface area contributed by atoms with Crippen LogP contribution >= 0.6 is 0 Å². The van der Waals surface area contributed by atoms with E-state index >= 15 is 0 Å². The molecule has 2 aliphatic heterocycles. The first kappa shape index (κ1) is 10.7. The van der Waals surface area contributed by atoms with Gasteiger partial charge in [0.1, 0.15) is 0 Å². The molecule has 0 saturated carbocycles. The van der Waals surface area contributed by atoms with Crippen molar-refractivity contribution in [2.45, 2.75) is 32.2 Å². The van der Waals surface area contributed by atoms with Gasteiger partial charge in [-0.25, -0.2) is 0 Å². The third-order valence-corrected chi connectivity index (χ3v) is 3.42. The highest BCUT2D eigenvalue weighted by molar-refractivity contribution is 5.87. The van der Waals surface area contributed by atoms with E-state index < -0.39 is 0 Å². The Bertz CT molecular complexity index is 262. The first-order valence-corrected chi connectivity index (χ1v) is 5.97. The minimum atomic E-state index is 0.186. The quantitative estimate of drug-likeness (QED) is 0.606. The van der Waals surface area contributed by atoms with Crippen LogP contribution < -0.4 is 0 Å². The summed E-state index contributed by atoms with van der Waals surface area (Å²) in [6.45, 7) is 6.16. The molecule has 2 aliphatic rings. The first-order valence-electron chi connectivity index (χ1n) is 5.97. The fourth-order valence-corrected chi connectivity index (χ4v) is 2.65. The zero-order chi connectivity index (χ0) is 10.7. The second-order valence-electron chi connectivity index (χ2n) is 4.47. The summed E-state index contributed by atoms with van der Waals surface area (Å²) in [5.74, 6) is 0.186. The molecule has 3 heteroatoms. The van der Waals surface area contributed by atoms with Crippen molar-refractivity contribution in [1.29, 1.82) is 0 Å². The van der Waals surface area contributed by atoms with Gasteiger partial charge in [0.2, 0.25) is 5.91 Å². The van der Waals surface area contributed by atoms with Gasteiger partial charge in [0.05, 0.1) is 0 Å². The lowest BCUT2D eigenvalue weighted by molar-refractivity contribution is -0.126. The minimum absolute atomic E-state index is 0.186. The molecule has 0 aliphatic carbocycles. The molecule has 0 aromatic heterocycles. The summed E-state index contributed by atoms with van der Waals surface area (Å²) < 4.78 is 0. The summed E-state index contributed by atoms with van der Waals surface area (Å²) in [5, 5.41) is 0. The largest absolute Gasteiger partial charge is 0.338 e. The molecule has 0 radical (unpaired) electrons. The van der Waals surface area contributed by atoms with Gasteiger partial charge in [-0.05, 0) is 38.8 Å². The van der Waals surface area contributed by atoms with E-state index in [2.05, 4.69) is 4.90 Å². The predicted octanol–water partition coefficient (Wildman–Crippen LogP) is 1.26. The van der Waals surface area contributed by atoms with Crippen LogP contribution in [0.4, 0.5) is 0 Å². The van der Waals surface area contributed by atoms with Crippen LogP contribution in [0.15, 0.2) is 12.2 Å². The molecule has 0 N–H and O–H groups in total. The van der Waals surface area contributed by atoms with Gasteiger partial charge in [-0.1, -0.05) is 6.08 Å². The molecule has 1 amide bonds. The minimum Gasteiger partial charge on any atom is -0.338 e. The third kappa shape index (κ3) is 2.40. The molecule has 0 spiro atoms. The lowest BCUT2D eigenvalue weighted by atomic mass is 10.2. The maximum absolute atomic E-state index is 11.8. The van der Waals surface area contributed by atoms with Crippen molar-refractivity contribution in [2.24, 2.45) is 0 Å². The Morgan fingerprint density at radius 2 is 2.07 bits per heavy atom. The van der Waals surface area contributed by atoms with Crippen molar-refractivity contribution in [1.82, 2.24) is 9.80 Å². The molecule has 1 atom stereocenters. The Balaban J connectivity index is 1.99. The smallest absolute Gasteiger partial charge is 0.246 e. The van der Waals surface area contributed by atoms with E-state index in [0.717, 1.165) is 19.5 Å². The van der Waals surface area contributed by atoms with Gasteiger partial charge in [-0.15, -0.1) is 0 Å². The van der Waals surface area contributed by atoms with Crippen LogP contribution in [0.25, 0.3) is 0 Å². The molecule has 1 unspecified atom stereocenters. The molecule has 0 bridgehead atoms. The zero-order valence-electron chi connectivity index (χ0n) is 9.48. The lowest BCUT2D eigenvalue weighted by Gasteiger charge is -2.24. The van der Waals surface area contributed by atoms with E-state index in [1.54, 1.807) is 6.08 Å². The van der Waals surface area contributed by atoms with Crippen molar-refractivity contribution in [3.8, 4) is 0 Å². The average Bonchev–Trinajstić information content (AvgIpc) is 2.56. The summed E-state index contributed by atoms with van der Waals surface area (Å²) in [6, 6.07) is 0.627. The maximum atomic E-state index is 11.8. The number of nitrogens with zero attached hydrogens (tertiary/aromatic N) is 2. The molecule has 3 nitrogen and oxygen atoms in total. The second kappa shape index (κ2) is 4.79. The Morgan fingerprint density at radius 3 is 2.87 bits per heavy atom. The number of carbonyl (C=O) groups is 1. The van der Waals surface area contributed by atoms with Crippen LogP contribution in [0.3, 0.4) is 0 Å². The molecular weight excluding hydrogens is 188 g/mol. The number of carbonyl (C=O) groups excluding carboxylic acids is 1. The van der Waals surface area contributed by atoms with E-state index in [1.807, 2.05) is 17.9 Å². The normalized spacial score (nSPS) is 28.1. The lowest BCUT2D eigenvalue weighted by Crippen LogP contribution is -2.38. The van der Waals surface area contributed by atoms with Crippen LogP contribution in [0.1, 0.15) is 26.2 Å². The van der Waals surface area contributed by atoms with Crippen molar-refractivity contribution >= 4 is 5.91 Å². The highest BCUT2D eigenvalue weighted by Crippen LogP contribution is 2.21. The topological polar surface area (TPSA) is 23.6 Å². The molecule has 15 heavy (non-hydrogen) atoms. The Morgan fingerprint density at radius 1 is 1.27 bits per heavy atom. The van der Waals surface area contributed by atoms with Crippen molar-refractivity contribution < 1.29 is 4.79 Å². The number of hydrogen-bond donors (Lipinski definition) is 0. The highest BCUT2D eigenvalue weighted by Gasteiger charge is 2.29. The van der Waals surface area contributed by atoms with Gasteiger partial charge in [-0.2, -0.15) is 0 Å². The Kier molecular flexibility index (Phi) is 3.41. The predicted molar refractivity (Wildman–Crippen MR) is 60.6 cm³/mol. The molecule has 2 fully saturated rings. The summed E-state index contributed by atoms with van der Waals surface area (Å²) in [5.41, 5.74) is 0. The van der Waals surface area contributed by atoms with Gasteiger partial charge in [0.15, 0.2) is 0 Å². The third-order valence-electron chi connectivity index (χ3n) is 3.42. The molecular formula is C12H20N2O. The van der Waals surface area contributed by atoms with Crippen molar-refractivity contribution in [3.63, 3.8) is 0 Å². The summed E-state index contributed by atoms with van der Waals surface area (Å²) in [7, 11) is 0. The van der Waals surface area contributed by atoms with Crippen LogP contribution in [-0.2, 0) is 4.79 Å². The molecule has 2 saturated heterocycles. The summed E-state index contributed by atoms with van der Waals surface area (Å²) in [4.78, 5) is 16.3. The van der Waals surface area contributed by atoms with Crippen LogP contribution in [0, 0.1) is 0 Å². The van der Waals surface area contributed by atoms with Gasteiger partial charge in [0, 0.05) is 25.7 Å². The molecule has 2 heterocycles. The zero-order valence-corrected chi connectivity index (χ0v) is 9.48. The highest BCUT2D eigenvalue weighted by atomic mass is 16.2. The average molecular weight is 208 g/mol. The van der Waals surface area contributed by atoms with Crippen molar-refractivity contribution in [3.05, 3.63) is 12.2 Å². The van der Waals surface area contributed by atoms with E-state index in [4.69, 9.17) is 0 Å². The van der Waals surface area contributed by atoms with E-state index in [-0.39, 0.29) is 5.91 Å². The number of rotatable bonds is 1. The molecule has 2 rings (SSSR count). The Hall–Kier alpha value is -0.830. The van der Waals surface area contributed by atoms with Crippen molar-refractivity contribution in [2.75, 3.05) is 26.2 Å². The second-order valence-corrected chi connectivity index (χ2v) is 4.47. The SMILES string of the molecule is CC=CC(=O)N1CCCN2CCCC2C1. The van der Waals surface area contributed by atoms with Crippen LogP contribution in [0.5, 0.6) is 0 Å². The molecule has 0 aromatic carbocycles. The van der Waals surface area contributed by atoms with Gasteiger partial charge in [0.25, 0.3) is 0 Å². The van der Waals surface area contributed by atoms with E-state index in [0.29, 0.717) is 6.04 Å². The Labute approximate surface area is 91.7 Å². The number of allylic oxidation sites excluding steroid dienone is 1. The number of hydrogen-bond acceptors (Lipinski definition) is 2. The van der Waals surface area contributed by atoms with Gasteiger partial charge in [-0.3, -0.25) is 9.69 Å². The molecule has 0 aromatic rings.